The number of hydrogen-bond acceptors (Lipinski definition) is 5. The third-order valence-electron chi connectivity index (χ3n) is 4.57. The van der Waals surface area contributed by atoms with E-state index < -0.39 is 5.97 Å². The first kappa shape index (κ1) is 19.4. The van der Waals surface area contributed by atoms with Crippen LogP contribution in [0.5, 0.6) is 0 Å². The summed E-state index contributed by atoms with van der Waals surface area (Å²) < 4.78 is 5.43. The molecule has 0 radical (unpaired) electrons. The lowest BCUT2D eigenvalue weighted by Gasteiger charge is -2.04. The molecule has 4 aromatic rings. The van der Waals surface area contributed by atoms with Crippen LogP contribution in [0.3, 0.4) is 0 Å². The molecule has 0 aliphatic rings. The molecule has 0 bridgehead atoms. The lowest BCUT2D eigenvalue weighted by molar-refractivity contribution is 0.0514. The molecule has 0 amide bonds. The van der Waals surface area contributed by atoms with Crippen molar-refractivity contribution in [2.24, 2.45) is 0 Å². The number of halogens is 1. The second-order valence-electron chi connectivity index (χ2n) is 6.53. The Labute approximate surface area is 176 Å². The third-order valence-corrected chi connectivity index (χ3v) is 5.99. The number of fused-ring (bicyclic) bond motifs is 1. The molecule has 0 fully saturated rings. The number of H-pyrrole nitrogens is 1. The van der Waals surface area contributed by atoms with Crippen LogP contribution < -0.4 is 5.56 Å². The van der Waals surface area contributed by atoms with Gasteiger partial charge in [-0.1, -0.05) is 41.9 Å². The van der Waals surface area contributed by atoms with Crippen LogP contribution in [-0.2, 0) is 11.2 Å². The molecule has 146 valence electrons. The average Bonchev–Trinajstić information content (AvgIpc) is 3.06. The minimum atomic E-state index is -0.436. The van der Waals surface area contributed by atoms with Gasteiger partial charge in [-0.15, -0.1) is 11.3 Å². The zero-order chi connectivity index (χ0) is 20.4. The van der Waals surface area contributed by atoms with Crippen LogP contribution in [0.4, 0.5) is 0 Å². The second kappa shape index (κ2) is 8.19. The molecule has 0 atom stereocenters. The van der Waals surface area contributed by atoms with E-state index in [1.165, 1.54) is 11.3 Å². The fourth-order valence-corrected chi connectivity index (χ4v) is 4.26. The maximum absolute atomic E-state index is 12.6. The number of ether oxygens (including phenoxy) is 1. The number of carbonyl (C=O) groups is 1. The summed E-state index contributed by atoms with van der Waals surface area (Å²) in [5, 5.41) is 1.02. The first-order valence-electron chi connectivity index (χ1n) is 9.03. The Kier molecular flexibility index (Phi) is 5.47. The van der Waals surface area contributed by atoms with Gasteiger partial charge in [0.15, 0.2) is 0 Å². The first-order valence-corrected chi connectivity index (χ1v) is 10.2. The van der Waals surface area contributed by atoms with Crippen LogP contribution >= 0.6 is 22.9 Å². The van der Waals surface area contributed by atoms with Gasteiger partial charge < -0.3 is 9.72 Å². The highest BCUT2D eigenvalue weighted by Crippen LogP contribution is 2.29. The number of carbonyl (C=O) groups excluding carboxylic acids is 1. The molecule has 0 saturated heterocycles. The Morgan fingerprint density at radius 3 is 2.59 bits per heavy atom. The molecule has 0 spiro atoms. The zero-order valence-corrected chi connectivity index (χ0v) is 17.1. The lowest BCUT2D eigenvalue weighted by Crippen LogP contribution is -2.10. The van der Waals surface area contributed by atoms with Gasteiger partial charge in [0, 0.05) is 17.0 Å². The van der Waals surface area contributed by atoms with Crippen molar-refractivity contribution in [3.63, 3.8) is 0 Å². The summed E-state index contributed by atoms with van der Waals surface area (Å²) in [6.07, 6.45) is 0.635. The zero-order valence-electron chi connectivity index (χ0n) is 15.6. The number of thiophene rings is 1. The molecule has 1 N–H and O–H groups in total. The molecule has 5 nitrogen and oxygen atoms in total. The number of aromatic amines is 1. The highest BCUT2D eigenvalue weighted by Gasteiger charge is 2.20. The van der Waals surface area contributed by atoms with Crippen LogP contribution in [0.15, 0.2) is 59.4 Å². The van der Waals surface area contributed by atoms with Gasteiger partial charge in [0.05, 0.1) is 12.0 Å². The van der Waals surface area contributed by atoms with Crippen molar-refractivity contribution >= 4 is 39.1 Å². The first-order chi connectivity index (χ1) is 14.0. The highest BCUT2D eigenvalue weighted by atomic mass is 35.5. The maximum Gasteiger partial charge on any atom is 0.348 e. The van der Waals surface area contributed by atoms with E-state index in [-0.39, 0.29) is 12.2 Å². The predicted octanol–water partition coefficient (Wildman–Crippen LogP) is 5.01. The van der Waals surface area contributed by atoms with Crippen LogP contribution in [0.2, 0.25) is 5.02 Å². The molecule has 4 rings (SSSR count). The van der Waals surface area contributed by atoms with Gasteiger partial charge in [-0.25, -0.2) is 9.78 Å². The molecule has 0 saturated carbocycles. The fraction of sp³-hybridized carbons (Fsp3) is 0.136. The predicted molar refractivity (Wildman–Crippen MR) is 116 cm³/mol. The molecule has 7 heteroatoms. The SMILES string of the molecule is Cc1c(C(=O)OCCc2ccccc2)sc2nc(-c3ccc(Cl)cc3)[nH]c(=O)c12. The molecule has 0 aliphatic heterocycles. The number of aryl methyl sites for hydroxylation is 1. The van der Waals surface area contributed by atoms with Gasteiger partial charge in [-0.2, -0.15) is 0 Å². The molecule has 2 aromatic heterocycles. The number of benzene rings is 2. The van der Waals surface area contributed by atoms with E-state index in [2.05, 4.69) is 9.97 Å². The third kappa shape index (κ3) is 4.09. The van der Waals surface area contributed by atoms with E-state index in [0.29, 0.717) is 37.9 Å². The Bertz CT molecular complexity index is 1230. The number of esters is 1. The van der Waals surface area contributed by atoms with Crippen LogP contribution in [-0.4, -0.2) is 22.5 Å². The van der Waals surface area contributed by atoms with Gasteiger partial charge >= 0.3 is 5.97 Å². The Hall–Kier alpha value is -2.96. The number of nitrogens with one attached hydrogen (secondary N) is 1. The summed E-state index contributed by atoms with van der Waals surface area (Å²) in [6.45, 7) is 2.02. The van der Waals surface area contributed by atoms with Crippen molar-refractivity contribution in [1.82, 2.24) is 9.97 Å². The van der Waals surface area contributed by atoms with Crippen molar-refractivity contribution in [2.45, 2.75) is 13.3 Å². The lowest BCUT2D eigenvalue weighted by atomic mass is 10.2. The number of hydrogen-bond donors (Lipinski definition) is 1. The quantitative estimate of drug-likeness (QED) is 0.457. The summed E-state index contributed by atoms with van der Waals surface area (Å²) in [4.78, 5) is 33.4. The van der Waals surface area contributed by atoms with Gasteiger partial charge in [-0.3, -0.25) is 4.79 Å². The molecule has 29 heavy (non-hydrogen) atoms. The van der Waals surface area contributed by atoms with Gasteiger partial charge in [0.25, 0.3) is 5.56 Å². The summed E-state index contributed by atoms with van der Waals surface area (Å²) in [6, 6.07) is 16.8. The largest absolute Gasteiger partial charge is 0.461 e. The van der Waals surface area contributed by atoms with Crippen LogP contribution in [0.1, 0.15) is 20.8 Å². The smallest absolute Gasteiger partial charge is 0.348 e. The molecule has 2 heterocycles. The van der Waals surface area contributed by atoms with E-state index >= 15 is 0 Å². The minimum absolute atomic E-state index is 0.274. The van der Waals surface area contributed by atoms with Crippen molar-refractivity contribution in [1.29, 1.82) is 0 Å². The summed E-state index contributed by atoms with van der Waals surface area (Å²) in [5.74, 6) is -0.00159. The molecule has 0 aliphatic carbocycles. The van der Waals surface area contributed by atoms with E-state index in [1.807, 2.05) is 30.3 Å². The number of nitrogens with zero attached hydrogens (tertiary/aromatic N) is 1. The van der Waals surface area contributed by atoms with Crippen molar-refractivity contribution in [3.05, 3.63) is 86.0 Å². The van der Waals surface area contributed by atoms with Gasteiger partial charge in [0.1, 0.15) is 15.5 Å². The molecular formula is C22H17ClN2O3S. The van der Waals surface area contributed by atoms with E-state index in [9.17, 15) is 9.59 Å². The maximum atomic E-state index is 12.6. The average molecular weight is 425 g/mol. The number of rotatable bonds is 5. The van der Waals surface area contributed by atoms with E-state index in [0.717, 1.165) is 11.1 Å². The second-order valence-corrected chi connectivity index (χ2v) is 7.96. The Morgan fingerprint density at radius 1 is 1.14 bits per heavy atom. The van der Waals surface area contributed by atoms with E-state index in [4.69, 9.17) is 16.3 Å². The van der Waals surface area contributed by atoms with Gasteiger partial charge in [-0.05, 0) is 42.3 Å². The van der Waals surface area contributed by atoms with Crippen molar-refractivity contribution in [3.8, 4) is 11.4 Å². The van der Waals surface area contributed by atoms with Crippen LogP contribution in [0.25, 0.3) is 21.6 Å². The molecule has 0 unspecified atom stereocenters. The fourth-order valence-electron chi connectivity index (χ4n) is 3.05. The summed E-state index contributed by atoms with van der Waals surface area (Å²) in [7, 11) is 0. The highest BCUT2D eigenvalue weighted by molar-refractivity contribution is 7.20. The summed E-state index contributed by atoms with van der Waals surface area (Å²) in [5.41, 5.74) is 2.15. The molecule has 2 aromatic carbocycles. The van der Waals surface area contributed by atoms with E-state index in [1.54, 1.807) is 31.2 Å². The normalized spacial score (nSPS) is 11.0. The topological polar surface area (TPSA) is 72.0 Å². The van der Waals surface area contributed by atoms with Gasteiger partial charge in [0.2, 0.25) is 0 Å². The molecular weight excluding hydrogens is 408 g/mol. The Morgan fingerprint density at radius 2 is 1.86 bits per heavy atom. The standard InChI is InChI=1S/C22H17ClN2O3S/c1-13-17-20(26)24-19(15-7-9-16(23)10-8-15)25-21(17)29-18(13)22(27)28-12-11-14-5-3-2-4-6-14/h2-10H,11-12H2,1H3,(H,24,25,26). The van der Waals surface area contributed by atoms with Crippen LogP contribution in [0, 0.1) is 6.92 Å². The summed E-state index contributed by atoms with van der Waals surface area (Å²) >= 11 is 7.10. The van der Waals surface area contributed by atoms with Crippen molar-refractivity contribution in [2.75, 3.05) is 6.61 Å². The monoisotopic (exact) mass is 424 g/mol. The Balaban J connectivity index is 1.59. The number of aromatic nitrogens is 2. The van der Waals surface area contributed by atoms with Crippen molar-refractivity contribution < 1.29 is 9.53 Å². The minimum Gasteiger partial charge on any atom is -0.461 e.